The summed E-state index contributed by atoms with van der Waals surface area (Å²) in [5.41, 5.74) is 2.75. The van der Waals surface area contributed by atoms with Crippen molar-refractivity contribution >= 4 is 40.4 Å². The minimum absolute atomic E-state index is 0.00635. The second-order valence-corrected chi connectivity index (χ2v) is 14.5. The first-order chi connectivity index (χ1) is 28.5. The highest BCUT2D eigenvalue weighted by molar-refractivity contribution is 5.98. The van der Waals surface area contributed by atoms with E-state index in [-0.39, 0.29) is 38.4 Å². The van der Waals surface area contributed by atoms with Crippen LogP contribution in [0.2, 0.25) is 0 Å². The summed E-state index contributed by atoms with van der Waals surface area (Å²) in [6.45, 7) is 4.78. The van der Waals surface area contributed by atoms with Gasteiger partial charge >= 0.3 is 0 Å². The highest BCUT2D eigenvalue weighted by atomic mass is 16.5. The molecular weight excluding hydrogens is 757 g/mol. The molecule has 0 saturated heterocycles. The Balaban J connectivity index is 1.34. The molecule has 6 rings (SSSR count). The van der Waals surface area contributed by atoms with Crippen LogP contribution in [0.15, 0.2) is 73.2 Å². The number of rotatable bonds is 9. The molecule has 0 spiro atoms. The Morgan fingerprint density at radius 3 is 2.42 bits per heavy atom. The summed E-state index contributed by atoms with van der Waals surface area (Å²) >= 11 is 0. The summed E-state index contributed by atoms with van der Waals surface area (Å²) in [5.74, 6) is -1.08. The number of pyridine rings is 1. The summed E-state index contributed by atoms with van der Waals surface area (Å²) in [4.78, 5) is 82.8. The number of ether oxygens (including phenoxy) is 2. The van der Waals surface area contributed by atoms with Crippen LogP contribution in [0.25, 0.3) is 10.9 Å². The number of benzene rings is 2. The summed E-state index contributed by atoms with van der Waals surface area (Å²) in [6, 6.07) is 13.2. The SMILES string of the molecule is CC[C@H](C)[C@@H]1NC(=O)[C@@H](Cc2c[nH]c3ccccc23)NC(=O)CN(C(=O)c2ccncc2)CCNC(=O)Cn2nc(Cc3ccc(OC)c(OC)c3)nc2[C@@H](C)NC1=O. The highest BCUT2D eigenvalue weighted by Crippen LogP contribution is 2.28. The monoisotopic (exact) mass is 806 g/mol. The molecule has 5 amide bonds. The largest absolute Gasteiger partial charge is 0.493 e. The topological polar surface area (TPSA) is 215 Å². The number of carbonyl (C=O) groups excluding carboxylic acids is 5. The van der Waals surface area contributed by atoms with E-state index in [1.54, 1.807) is 33.4 Å². The zero-order chi connectivity index (χ0) is 42.1. The fourth-order valence-electron chi connectivity index (χ4n) is 7.01. The Labute approximate surface area is 341 Å². The third-order valence-corrected chi connectivity index (χ3v) is 10.4. The molecule has 4 atom stereocenters. The van der Waals surface area contributed by atoms with E-state index in [1.165, 1.54) is 34.1 Å². The predicted molar refractivity (Wildman–Crippen MR) is 217 cm³/mol. The molecule has 17 nitrogen and oxygen atoms in total. The van der Waals surface area contributed by atoms with Gasteiger partial charge in [0.15, 0.2) is 17.3 Å². The van der Waals surface area contributed by atoms with Crippen molar-refractivity contribution in [1.29, 1.82) is 0 Å². The molecule has 0 fully saturated rings. The van der Waals surface area contributed by atoms with Crippen LogP contribution in [0.3, 0.4) is 0 Å². The van der Waals surface area contributed by atoms with Crippen molar-refractivity contribution in [2.45, 2.75) is 64.7 Å². The van der Waals surface area contributed by atoms with Gasteiger partial charge in [0.05, 0.1) is 26.8 Å². The summed E-state index contributed by atoms with van der Waals surface area (Å²) in [6.07, 6.45) is 5.64. The second-order valence-electron chi connectivity index (χ2n) is 14.5. The fraction of sp³-hybridized carbons (Fsp3) is 0.381. The van der Waals surface area contributed by atoms with E-state index in [0.717, 1.165) is 22.0 Å². The molecule has 17 heteroatoms. The molecule has 0 bridgehead atoms. The molecule has 5 N–H and O–H groups in total. The lowest BCUT2D eigenvalue weighted by Gasteiger charge is -2.28. The van der Waals surface area contributed by atoms with Crippen molar-refractivity contribution in [3.63, 3.8) is 0 Å². The van der Waals surface area contributed by atoms with Crippen LogP contribution in [-0.2, 0) is 38.6 Å². The van der Waals surface area contributed by atoms with Gasteiger partial charge in [-0.2, -0.15) is 5.10 Å². The number of aromatic nitrogens is 5. The maximum atomic E-state index is 14.3. The Kier molecular flexibility index (Phi) is 13.6. The number of fused-ring (bicyclic) bond motifs is 2. The lowest BCUT2D eigenvalue weighted by Crippen LogP contribution is -2.57. The van der Waals surface area contributed by atoms with Gasteiger partial charge in [0, 0.05) is 61.0 Å². The van der Waals surface area contributed by atoms with E-state index >= 15 is 0 Å². The molecule has 1 aliphatic heterocycles. The maximum absolute atomic E-state index is 14.3. The van der Waals surface area contributed by atoms with Crippen molar-refractivity contribution in [1.82, 2.24) is 50.9 Å². The Bertz CT molecular complexity index is 2290. The van der Waals surface area contributed by atoms with Crippen LogP contribution in [0, 0.1) is 5.92 Å². The minimum Gasteiger partial charge on any atom is -0.493 e. The Morgan fingerprint density at radius 2 is 1.68 bits per heavy atom. The number of carbonyl (C=O) groups is 5. The summed E-state index contributed by atoms with van der Waals surface area (Å²) in [7, 11) is 3.09. The zero-order valence-corrected chi connectivity index (χ0v) is 33.8. The van der Waals surface area contributed by atoms with Crippen LogP contribution < -0.4 is 30.7 Å². The normalized spacial score (nSPS) is 19.0. The van der Waals surface area contributed by atoms with Crippen molar-refractivity contribution in [3.8, 4) is 11.5 Å². The van der Waals surface area contributed by atoms with Gasteiger partial charge in [-0.05, 0) is 54.3 Å². The van der Waals surface area contributed by atoms with E-state index in [2.05, 4.69) is 36.3 Å². The number of nitrogens with one attached hydrogen (secondary N) is 5. The van der Waals surface area contributed by atoms with Gasteiger partial charge in [-0.3, -0.25) is 29.0 Å². The smallest absolute Gasteiger partial charge is 0.254 e. The van der Waals surface area contributed by atoms with Gasteiger partial charge in [0.2, 0.25) is 23.6 Å². The molecule has 1 aliphatic rings. The molecule has 4 heterocycles. The van der Waals surface area contributed by atoms with Crippen LogP contribution in [0.1, 0.15) is 66.4 Å². The first-order valence-electron chi connectivity index (χ1n) is 19.5. The van der Waals surface area contributed by atoms with Crippen LogP contribution in [-0.4, -0.2) is 105 Å². The van der Waals surface area contributed by atoms with Gasteiger partial charge in [-0.25, -0.2) is 9.67 Å². The third kappa shape index (κ3) is 10.2. The van der Waals surface area contributed by atoms with Gasteiger partial charge in [0.1, 0.15) is 24.5 Å². The quantitative estimate of drug-likeness (QED) is 0.147. The van der Waals surface area contributed by atoms with Gasteiger partial charge in [-0.1, -0.05) is 44.5 Å². The Hall–Kier alpha value is -6.78. The molecule has 3 aromatic heterocycles. The van der Waals surface area contributed by atoms with Crippen molar-refractivity contribution in [3.05, 3.63) is 102 Å². The zero-order valence-electron chi connectivity index (χ0n) is 33.8. The lowest BCUT2D eigenvalue weighted by atomic mass is 9.96. The molecule has 0 aliphatic carbocycles. The van der Waals surface area contributed by atoms with Gasteiger partial charge in [-0.15, -0.1) is 0 Å². The molecule has 0 saturated carbocycles. The number of hydrogen-bond donors (Lipinski definition) is 5. The number of H-pyrrole nitrogens is 1. The average molecular weight is 807 g/mol. The van der Waals surface area contributed by atoms with E-state index in [1.807, 2.05) is 50.2 Å². The molecule has 2 aromatic carbocycles. The predicted octanol–water partition coefficient (Wildman–Crippen LogP) is 2.47. The first-order valence-corrected chi connectivity index (χ1v) is 19.5. The van der Waals surface area contributed by atoms with Gasteiger partial charge < -0.3 is 40.6 Å². The Morgan fingerprint density at radius 1 is 0.915 bits per heavy atom. The van der Waals surface area contributed by atoms with E-state index in [4.69, 9.17) is 14.5 Å². The number of para-hydroxylation sites is 1. The molecule has 0 radical (unpaired) electrons. The summed E-state index contributed by atoms with van der Waals surface area (Å²) < 4.78 is 12.3. The van der Waals surface area contributed by atoms with E-state index < -0.39 is 54.2 Å². The highest BCUT2D eigenvalue weighted by Gasteiger charge is 2.33. The molecular formula is C42H50N10O7. The first kappa shape index (κ1) is 41.8. The number of aromatic amines is 1. The lowest BCUT2D eigenvalue weighted by molar-refractivity contribution is -0.133. The third-order valence-electron chi connectivity index (χ3n) is 10.4. The number of nitrogens with zero attached hydrogens (tertiary/aromatic N) is 5. The maximum Gasteiger partial charge on any atom is 0.254 e. The van der Waals surface area contributed by atoms with E-state index in [9.17, 15) is 24.0 Å². The molecule has 0 unspecified atom stereocenters. The summed E-state index contributed by atoms with van der Waals surface area (Å²) in [5, 5.41) is 17.1. The van der Waals surface area contributed by atoms with Gasteiger partial charge in [0.25, 0.3) is 5.91 Å². The van der Waals surface area contributed by atoms with Crippen molar-refractivity contribution in [2.75, 3.05) is 33.9 Å². The second kappa shape index (κ2) is 19.1. The van der Waals surface area contributed by atoms with Crippen LogP contribution in [0.4, 0.5) is 0 Å². The number of methoxy groups -OCH3 is 2. The van der Waals surface area contributed by atoms with E-state index in [0.29, 0.717) is 35.1 Å². The van der Waals surface area contributed by atoms with Crippen molar-refractivity contribution < 1.29 is 33.4 Å². The number of amides is 5. The average Bonchev–Trinajstić information content (AvgIpc) is 3.84. The van der Waals surface area contributed by atoms with Crippen LogP contribution >= 0.6 is 0 Å². The van der Waals surface area contributed by atoms with Crippen LogP contribution in [0.5, 0.6) is 11.5 Å². The molecule has 5 aromatic rings. The fourth-order valence-corrected chi connectivity index (χ4v) is 7.01. The molecule has 59 heavy (non-hydrogen) atoms. The van der Waals surface area contributed by atoms with Crippen molar-refractivity contribution in [2.24, 2.45) is 5.92 Å². The molecule has 310 valence electrons. The number of hydrogen-bond acceptors (Lipinski definition) is 10. The standard InChI is InChI=1S/C42H50N10O7/c1-6-25(2)38-41(56)46-26(3)39-48-35(20-27-11-12-33(58-4)34(19-27)59-5)50-52(39)24-36(53)44-17-18-51(42(57)28-13-15-43-16-14-28)23-37(54)47-32(40(55)49-38)21-29-22-45-31-10-8-7-9-30(29)31/h7-16,19,22,25-26,32,38,45H,6,17-18,20-21,23-24H2,1-5H3,(H,44,53)(H,46,56)(H,47,54)(H,49,55)/t25-,26+,32+,38-/m0/s1. The minimum atomic E-state index is -1.13.